The van der Waals surface area contributed by atoms with E-state index in [4.69, 9.17) is 4.52 Å². The van der Waals surface area contributed by atoms with Crippen molar-refractivity contribution in [3.8, 4) is 0 Å². The number of nitrogens with zero attached hydrogens (tertiary/aromatic N) is 1. The van der Waals surface area contributed by atoms with Gasteiger partial charge in [-0.05, 0) is 19.3 Å². The first-order valence-electron chi connectivity index (χ1n) is 7.33. The Labute approximate surface area is 121 Å². The molecule has 2 fully saturated rings. The molecule has 7 heteroatoms. The monoisotopic (exact) mass is 293 g/mol. The van der Waals surface area contributed by atoms with E-state index in [0.29, 0.717) is 31.7 Å². The van der Waals surface area contributed by atoms with Gasteiger partial charge in [0.15, 0.2) is 0 Å². The number of hydrogen-bond donors (Lipinski definition) is 2. The van der Waals surface area contributed by atoms with Gasteiger partial charge in [-0.25, -0.2) is 0 Å². The minimum Gasteiger partial charge on any atom is -0.384 e. The second-order valence-electron chi connectivity index (χ2n) is 5.88. The number of H-pyrrole nitrogens is 1. The highest BCUT2D eigenvalue weighted by molar-refractivity contribution is 5.86. The number of likely N-dealkylation sites (tertiary alicyclic amines) is 1. The van der Waals surface area contributed by atoms with Crippen LogP contribution >= 0.6 is 0 Å². The van der Waals surface area contributed by atoms with E-state index in [0.717, 1.165) is 25.8 Å². The van der Waals surface area contributed by atoms with E-state index in [1.807, 2.05) is 0 Å². The topological polar surface area (TPSA) is 95.4 Å². The van der Waals surface area contributed by atoms with Gasteiger partial charge in [0.1, 0.15) is 5.76 Å². The number of carbonyl (C=O) groups is 2. The Morgan fingerprint density at radius 2 is 2.24 bits per heavy atom. The average molecular weight is 293 g/mol. The molecule has 1 aromatic heterocycles. The first-order chi connectivity index (χ1) is 10.1. The van der Waals surface area contributed by atoms with Crippen molar-refractivity contribution in [1.29, 1.82) is 0 Å². The summed E-state index contributed by atoms with van der Waals surface area (Å²) in [5.41, 5.74) is -0.675. The largest absolute Gasteiger partial charge is 0.384 e. The number of amides is 2. The van der Waals surface area contributed by atoms with Crippen LogP contribution in [0, 0.1) is 5.41 Å². The number of aromatic nitrogens is 1. The Morgan fingerprint density at radius 1 is 1.38 bits per heavy atom. The standard InChI is InChI=1S/C14H19N3O4/c18-11-8-10(21-16-11)2-3-12(19)17-7-5-14(9-17)4-1-6-15-13(14)20/h8H,1-7,9H2,(H,15,20)(H,16,18)/t14-/m0/s1. The van der Waals surface area contributed by atoms with Crippen molar-refractivity contribution in [3.05, 3.63) is 22.2 Å². The third kappa shape index (κ3) is 2.72. The second-order valence-corrected chi connectivity index (χ2v) is 5.88. The van der Waals surface area contributed by atoms with Gasteiger partial charge >= 0.3 is 0 Å². The van der Waals surface area contributed by atoms with Crippen LogP contribution in [0.15, 0.2) is 15.4 Å². The lowest BCUT2D eigenvalue weighted by Crippen LogP contribution is -2.47. The molecule has 0 radical (unpaired) electrons. The van der Waals surface area contributed by atoms with Crippen LogP contribution in [0.25, 0.3) is 0 Å². The maximum absolute atomic E-state index is 12.2. The van der Waals surface area contributed by atoms with E-state index in [1.165, 1.54) is 6.07 Å². The van der Waals surface area contributed by atoms with Crippen molar-refractivity contribution in [1.82, 2.24) is 15.4 Å². The zero-order valence-electron chi connectivity index (χ0n) is 11.8. The minimum absolute atomic E-state index is 0.00842. The Morgan fingerprint density at radius 3 is 2.95 bits per heavy atom. The Balaban J connectivity index is 1.56. The number of carbonyl (C=O) groups excluding carboxylic acids is 2. The van der Waals surface area contributed by atoms with Gasteiger partial charge in [-0.1, -0.05) is 0 Å². The number of aryl methyl sites for hydroxylation is 1. The summed E-state index contributed by atoms with van der Waals surface area (Å²) in [6.07, 6.45) is 3.26. The fourth-order valence-corrected chi connectivity index (χ4v) is 3.24. The third-order valence-corrected chi connectivity index (χ3v) is 4.47. The molecule has 0 aromatic carbocycles. The second kappa shape index (κ2) is 5.38. The number of hydrogen-bond acceptors (Lipinski definition) is 4. The number of nitrogens with one attached hydrogen (secondary N) is 2. The summed E-state index contributed by atoms with van der Waals surface area (Å²) in [6.45, 7) is 1.87. The summed E-state index contributed by atoms with van der Waals surface area (Å²) in [6, 6.07) is 1.35. The summed E-state index contributed by atoms with van der Waals surface area (Å²) >= 11 is 0. The molecule has 21 heavy (non-hydrogen) atoms. The molecule has 2 aliphatic heterocycles. The molecule has 0 saturated carbocycles. The molecular formula is C14H19N3O4. The molecular weight excluding hydrogens is 274 g/mol. The summed E-state index contributed by atoms with van der Waals surface area (Å²) in [5.74, 6) is 0.576. The minimum atomic E-state index is -0.380. The smallest absolute Gasteiger partial charge is 0.280 e. The average Bonchev–Trinajstić information content (AvgIpc) is 3.07. The first kappa shape index (κ1) is 13.9. The van der Waals surface area contributed by atoms with Crippen LogP contribution in [0.1, 0.15) is 31.4 Å². The van der Waals surface area contributed by atoms with E-state index < -0.39 is 0 Å². The molecule has 1 spiro atoms. The normalized spacial score (nSPS) is 25.3. The molecule has 114 valence electrons. The number of rotatable bonds is 3. The zero-order chi connectivity index (χ0) is 14.9. The quantitative estimate of drug-likeness (QED) is 0.822. The van der Waals surface area contributed by atoms with Crippen LogP contribution in [0.2, 0.25) is 0 Å². The van der Waals surface area contributed by atoms with Crippen LogP contribution in [-0.4, -0.2) is 41.5 Å². The molecule has 1 aromatic rings. The molecule has 3 rings (SSSR count). The lowest BCUT2D eigenvalue weighted by molar-refractivity contribution is -0.134. The van der Waals surface area contributed by atoms with Gasteiger partial charge in [-0.3, -0.25) is 14.4 Å². The SMILES string of the molecule is O=C(CCc1cc(=O)[nH]o1)N1CC[C@@]2(CCCNC2=O)C1. The highest BCUT2D eigenvalue weighted by Crippen LogP contribution is 2.37. The highest BCUT2D eigenvalue weighted by atomic mass is 16.5. The Bertz CT molecular complexity index is 605. The van der Waals surface area contributed by atoms with Crippen molar-refractivity contribution in [2.24, 2.45) is 5.41 Å². The van der Waals surface area contributed by atoms with Crippen molar-refractivity contribution in [3.63, 3.8) is 0 Å². The molecule has 2 amide bonds. The van der Waals surface area contributed by atoms with E-state index in [1.54, 1.807) is 4.90 Å². The van der Waals surface area contributed by atoms with Gasteiger partial charge in [0.2, 0.25) is 11.8 Å². The lowest BCUT2D eigenvalue weighted by atomic mass is 9.79. The fourth-order valence-electron chi connectivity index (χ4n) is 3.24. The molecule has 2 saturated heterocycles. The van der Waals surface area contributed by atoms with Crippen LogP contribution < -0.4 is 10.9 Å². The Kier molecular flexibility index (Phi) is 3.57. The molecule has 1 atom stereocenters. The van der Waals surface area contributed by atoms with Crippen molar-refractivity contribution >= 4 is 11.8 Å². The third-order valence-electron chi connectivity index (χ3n) is 4.47. The fraction of sp³-hybridized carbons (Fsp3) is 0.643. The first-order valence-corrected chi connectivity index (χ1v) is 7.33. The van der Waals surface area contributed by atoms with Gasteiger partial charge in [0.25, 0.3) is 5.56 Å². The van der Waals surface area contributed by atoms with E-state index in [2.05, 4.69) is 10.5 Å². The van der Waals surface area contributed by atoms with Gasteiger partial charge in [0, 0.05) is 38.5 Å². The van der Waals surface area contributed by atoms with Crippen LogP contribution in [0.3, 0.4) is 0 Å². The van der Waals surface area contributed by atoms with Crippen LogP contribution in [0.5, 0.6) is 0 Å². The van der Waals surface area contributed by atoms with Crippen molar-refractivity contribution in [2.75, 3.05) is 19.6 Å². The Hall–Kier alpha value is -2.05. The predicted molar refractivity (Wildman–Crippen MR) is 73.5 cm³/mol. The summed E-state index contributed by atoms with van der Waals surface area (Å²) < 4.78 is 4.93. The lowest BCUT2D eigenvalue weighted by Gasteiger charge is -2.32. The predicted octanol–water partition coefficient (Wildman–Crippen LogP) is 0.0292. The summed E-state index contributed by atoms with van der Waals surface area (Å²) in [4.78, 5) is 37.0. The molecule has 7 nitrogen and oxygen atoms in total. The van der Waals surface area contributed by atoms with E-state index >= 15 is 0 Å². The van der Waals surface area contributed by atoms with E-state index in [9.17, 15) is 14.4 Å². The summed E-state index contributed by atoms with van der Waals surface area (Å²) in [5, 5.41) is 5.11. The van der Waals surface area contributed by atoms with Gasteiger partial charge < -0.3 is 14.7 Å². The van der Waals surface area contributed by atoms with Crippen LogP contribution in [-0.2, 0) is 16.0 Å². The molecule has 2 N–H and O–H groups in total. The maximum Gasteiger partial charge on any atom is 0.280 e. The highest BCUT2D eigenvalue weighted by Gasteiger charge is 2.46. The van der Waals surface area contributed by atoms with Gasteiger partial charge in [-0.2, -0.15) is 5.16 Å². The molecule has 0 unspecified atom stereocenters. The van der Waals surface area contributed by atoms with Crippen LogP contribution in [0.4, 0.5) is 0 Å². The number of aromatic amines is 1. The molecule has 2 aliphatic rings. The van der Waals surface area contributed by atoms with Gasteiger partial charge in [0.05, 0.1) is 5.41 Å². The van der Waals surface area contributed by atoms with Gasteiger partial charge in [-0.15, -0.1) is 0 Å². The maximum atomic E-state index is 12.2. The zero-order valence-corrected chi connectivity index (χ0v) is 11.8. The van der Waals surface area contributed by atoms with E-state index in [-0.39, 0.29) is 22.8 Å². The molecule has 0 bridgehead atoms. The van der Waals surface area contributed by atoms with Crippen molar-refractivity contribution in [2.45, 2.75) is 32.1 Å². The summed E-state index contributed by atoms with van der Waals surface area (Å²) in [7, 11) is 0. The molecule has 0 aliphatic carbocycles. The van der Waals surface area contributed by atoms with Crippen molar-refractivity contribution < 1.29 is 14.1 Å². The molecule has 3 heterocycles. The number of piperidine rings is 1.